The first kappa shape index (κ1) is 20.8. The lowest BCUT2D eigenvalue weighted by Gasteiger charge is -2.33. The number of carbonyl (C=O) groups is 2. The third-order valence-corrected chi connectivity index (χ3v) is 7.01. The Labute approximate surface area is 205 Å². The maximum atomic E-state index is 14.1. The van der Waals surface area contributed by atoms with Gasteiger partial charge < -0.3 is 10.3 Å². The van der Waals surface area contributed by atoms with Crippen molar-refractivity contribution in [3.63, 3.8) is 0 Å². The summed E-state index contributed by atoms with van der Waals surface area (Å²) in [6, 6.07) is 3.42. The number of aryl methyl sites for hydroxylation is 1. The van der Waals surface area contributed by atoms with Crippen LogP contribution in [0.3, 0.4) is 0 Å². The van der Waals surface area contributed by atoms with Crippen molar-refractivity contribution in [2.45, 2.75) is 18.8 Å². The molecular formula is C22H14BrClN8O2. The summed E-state index contributed by atoms with van der Waals surface area (Å²) in [6.45, 7) is 1.83. The predicted molar refractivity (Wildman–Crippen MR) is 128 cm³/mol. The Morgan fingerprint density at radius 1 is 1.29 bits per heavy atom. The number of hydrogen-bond donors (Lipinski definition) is 2. The van der Waals surface area contributed by atoms with Crippen LogP contribution >= 0.6 is 27.5 Å². The minimum Gasteiger partial charge on any atom is -0.340 e. The summed E-state index contributed by atoms with van der Waals surface area (Å²) in [5.41, 5.74) is 1.96. The van der Waals surface area contributed by atoms with Gasteiger partial charge >= 0.3 is 0 Å². The lowest BCUT2D eigenvalue weighted by molar-refractivity contribution is -0.126. The molecule has 10 nitrogen and oxygen atoms in total. The van der Waals surface area contributed by atoms with E-state index in [9.17, 15) is 9.59 Å². The van der Waals surface area contributed by atoms with Crippen LogP contribution in [-0.4, -0.2) is 48.1 Å². The van der Waals surface area contributed by atoms with Gasteiger partial charge in [0.2, 0.25) is 11.8 Å². The summed E-state index contributed by atoms with van der Waals surface area (Å²) in [6.07, 6.45) is 8.34. The number of hydrogen-bond acceptors (Lipinski definition) is 6. The van der Waals surface area contributed by atoms with E-state index < -0.39 is 5.41 Å². The molecule has 0 aliphatic carbocycles. The minimum absolute atomic E-state index is 0.0403. The van der Waals surface area contributed by atoms with E-state index in [1.165, 1.54) is 22.2 Å². The number of fused-ring (bicyclic) bond motifs is 5. The Morgan fingerprint density at radius 2 is 2.12 bits per heavy atom. The number of carbonyl (C=O) groups excluding carboxylic acids is 2. The van der Waals surface area contributed by atoms with Crippen LogP contribution in [0.1, 0.15) is 23.2 Å². The predicted octanol–water partition coefficient (Wildman–Crippen LogP) is 2.87. The van der Waals surface area contributed by atoms with Crippen molar-refractivity contribution >= 4 is 62.0 Å². The molecule has 0 bridgehead atoms. The molecule has 2 aliphatic rings. The quantitative estimate of drug-likeness (QED) is 0.379. The molecule has 2 N–H and O–H groups in total. The molecule has 2 aliphatic heterocycles. The molecule has 0 saturated carbocycles. The molecule has 12 heteroatoms. The average Bonchev–Trinajstić information content (AvgIpc) is 3.46. The van der Waals surface area contributed by atoms with Crippen molar-refractivity contribution in [1.82, 2.24) is 29.7 Å². The van der Waals surface area contributed by atoms with Crippen molar-refractivity contribution in [1.29, 1.82) is 0 Å². The molecule has 1 unspecified atom stereocenters. The number of halogens is 2. The number of nitrogens with zero attached hydrogens (tertiary/aromatic N) is 6. The molecule has 4 aromatic rings. The molecule has 0 radical (unpaired) electrons. The lowest BCUT2D eigenvalue weighted by atomic mass is 9.70. The van der Waals surface area contributed by atoms with Crippen molar-refractivity contribution < 1.29 is 9.59 Å². The fraction of sp³-hybridized carbons (Fsp3) is 0.182. The van der Waals surface area contributed by atoms with Crippen LogP contribution in [0.25, 0.3) is 17.0 Å². The molecule has 0 fully saturated rings. The molecule has 34 heavy (non-hydrogen) atoms. The third kappa shape index (κ3) is 2.58. The Morgan fingerprint density at radius 3 is 2.91 bits per heavy atom. The number of aromatic nitrogens is 6. The van der Waals surface area contributed by atoms with Crippen molar-refractivity contribution in [2.75, 3.05) is 16.8 Å². The molecule has 3 aromatic heterocycles. The fourth-order valence-corrected chi connectivity index (χ4v) is 6.02. The largest absolute Gasteiger partial charge is 0.340 e. The van der Waals surface area contributed by atoms with Crippen LogP contribution in [0.2, 0.25) is 5.02 Å². The molecule has 1 aromatic carbocycles. The highest BCUT2D eigenvalue weighted by Crippen LogP contribution is 2.55. The van der Waals surface area contributed by atoms with Gasteiger partial charge in [0.25, 0.3) is 0 Å². The molecule has 168 valence electrons. The summed E-state index contributed by atoms with van der Waals surface area (Å²) >= 11 is 9.94. The van der Waals surface area contributed by atoms with Gasteiger partial charge in [-0.2, -0.15) is 9.78 Å². The maximum absolute atomic E-state index is 14.1. The van der Waals surface area contributed by atoms with E-state index in [2.05, 4.69) is 52.2 Å². The van der Waals surface area contributed by atoms with Crippen molar-refractivity contribution in [3.05, 3.63) is 51.1 Å². The third-order valence-electron chi connectivity index (χ3n) is 6.19. The summed E-state index contributed by atoms with van der Waals surface area (Å²) < 4.78 is 2.12. The van der Waals surface area contributed by atoms with Gasteiger partial charge in [-0.3, -0.25) is 14.5 Å². The number of H-pyrrole nitrogens is 1. The van der Waals surface area contributed by atoms with E-state index in [-0.39, 0.29) is 24.8 Å². The number of rotatable bonds is 2. The van der Waals surface area contributed by atoms with Crippen LogP contribution in [0.4, 0.5) is 11.5 Å². The summed E-state index contributed by atoms with van der Waals surface area (Å²) in [5, 5.41) is 8.00. The van der Waals surface area contributed by atoms with Crippen LogP contribution in [0, 0.1) is 19.3 Å². The smallest absolute Gasteiger partial charge is 0.243 e. The van der Waals surface area contributed by atoms with E-state index in [4.69, 9.17) is 18.0 Å². The summed E-state index contributed by atoms with van der Waals surface area (Å²) in [5.74, 6) is 2.63. The fourth-order valence-electron chi connectivity index (χ4n) is 4.99. The summed E-state index contributed by atoms with van der Waals surface area (Å²) in [4.78, 5) is 44.4. The number of imidazole rings is 1. The summed E-state index contributed by atoms with van der Waals surface area (Å²) in [7, 11) is 0. The molecule has 6 rings (SSSR count). The minimum atomic E-state index is -1.35. The van der Waals surface area contributed by atoms with Crippen molar-refractivity contribution in [3.8, 4) is 18.2 Å². The Bertz CT molecular complexity index is 1600. The molecule has 0 saturated heterocycles. The molecular weight excluding hydrogens is 524 g/mol. The van der Waals surface area contributed by atoms with Gasteiger partial charge in [0.15, 0.2) is 11.5 Å². The maximum Gasteiger partial charge on any atom is 0.243 e. The molecule has 1 atom stereocenters. The number of amides is 2. The Hall–Kier alpha value is -3.75. The topological polar surface area (TPSA) is 122 Å². The van der Waals surface area contributed by atoms with Crippen LogP contribution in [0.5, 0.6) is 0 Å². The van der Waals surface area contributed by atoms with Gasteiger partial charge in [-0.25, -0.2) is 15.0 Å². The second-order valence-electron chi connectivity index (χ2n) is 8.03. The van der Waals surface area contributed by atoms with E-state index in [1.54, 1.807) is 19.1 Å². The number of benzene rings is 1. The van der Waals surface area contributed by atoms with Gasteiger partial charge in [-0.05, 0) is 40.5 Å². The zero-order chi connectivity index (χ0) is 23.8. The zero-order valence-corrected chi connectivity index (χ0v) is 19.9. The first-order valence-electron chi connectivity index (χ1n) is 10.2. The van der Waals surface area contributed by atoms with Crippen LogP contribution in [-0.2, 0) is 15.0 Å². The SMILES string of the molecule is C#CCN1C(=O)C2(CC(=O)Nc3c2c(C)nn3-c2ncnc3nc[nH]c23)c2cc(Cl)cc(Br)c21. The molecule has 1 spiro atoms. The second kappa shape index (κ2) is 7.12. The van der Waals surface area contributed by atoms with Gasteiger partial charge in [0.1, 0.15) is 23.1 Å². The zero-order valence-electron chi connectivity index (χ0n) is 17.6. The monoisotopic (exact) mass is 536 g/mol. The second-order valence-corrected chi connectivity index (χ2v) is 9.32. The Balaban J connectivity index is 1.69. The average molecular weight is 538 g/mol. The van der Waals surface area contributed by atoms with E-state index in [0.717, 1.165) is 0 Å². The van der Waals surface area contributed by atoms with Crippen LogP contribution in [0.15, 0.2) is 29.3 Å². The van der Waals surface area contributed by atoms with E-state index >= 15 is 0 Å². The van der Waals surface area contributed by atoms with Crippen LogP contribution < -0.4 is 10.2 Å². The molecule has 2 amide bonds. The standard InChI is InChI=1S/C22H14BrClN8O2/c1-3-4-31-17-12(5-11(24)6-13(17)23)22(21(31)34)7-14(33)29-19-15(22)10(2)30-32(19)20-16-18(26-8-25-16)27-9-28-20/h1,5-6,8-9H,4,7H2,2H3,(H,29,33)(H,25,26,27,28). The molecule has 5 heterocycles. The highest BCUT2D eigenvalue weighted by Gasteiger charge is 2.58. The number of aromatic amines is 1. The first-order valence-corrected chi connectivity index (χ1v) is 11.3. The number of anilines is 2. The van der Waals surface area contributed by atoms with Gasteiger partial charge in [-0.15, -0.1) is 6.42 Å². The van der Waals surface area contributed by atoms with Gasteiger partial charge in [-0.1, -0.05) is 17.5 Å². The van der Waals surface area contributed by atoms with E-state index in [1.807, 2.05) is 0 Å². The van der Waals surface area contributed by atoms with E-state index in [0.29, 0.717) is 54.8 Å². The normalized spacial score (nSPS) is 18.8. The number of nitrogens with one attached hydrogen (secondary N) is 2. The Kier molecular flexibility index (Phi) is 4.36. The highest BCUT2D eigenvalue weighted by atomic mass is 79.9. The number of terminal acetylenes is 1. The van der Waals surface area contributed by atoms with Gasteiger partial charge in [0.05, 0.1) is 24.3 Å². The first-order chi connectivity index (χ1) is 16.4. The van der Waals surface area contributed by atoms with Crippen molar-refractivity contribution in [2.24, 2.45) is 0 Å². The van der Waals surface area contributed by atoms with Gasteiger partial charge in [0, 0.05) is 21.5 Å². The lowest BCUT2D eigenvalue weighted by Crippen LogP contribution is -2.47. The highest BCUT2D eigenvalue weighted by molar-refractivity contribution is 9.10.